The van der Waals surface area contributed by atoms with Gasteiger partial charge in [0.2, 0.25) is 10.0 Å². The molecule has 11 heteroatoms. The Kier molecular flexibility index (Phi) is 9.30. The van der Waals surface area contributed by atoms with Gasteiger partial charge in [0, 0.05) is 6.54 Å². The number of esters is 1. The predicted octanol–water partition coefficient (Wildman–Crippen LogP) is 2.30. The van der Waals surface area contributed by atoms with Gasteiger partial charge in [0.15, 0.2) is 18.1 Å². The third-order valence-electron chi connectivity index (χ3n) is 4.16. The first kappa shape index (κ1) is 25.4. The molecule has 0 aliphatic rings. The van der Waals surface area contributed by atoms with E-state index in [1.54, 1.807) is 0 Å². The fourth-order valence-corrected chi connectivity index (χ4v) is 3.43. The second kappa shape index (κ2) is 11.7. The molecule has 0 aromatic heterocycles. The molecule has 1 amide bonds. The molecule has 0 aliphatic carbocycles. The van der Waals surface area contributed by atoms with Crippen LogP contribution in [0.15, 0.2) is 41.3 Å². The van der Waals surface area contributed by atoms with E-state index in [0.29, 0.717) is 37.7 Å². The molecular formula is C21H25ClN2O7S. The summed E-state index contributed by atoms with van der Waals surface area (Å²) in [5, 5.41) is 7.67. The number of halogens is 1. The van der Waals surface area contributed by atoms with Gasteiger partial charge < -0.3 is 19.5 Å². The third kappa shape index (κ3) is 7.40. The van der Waals surface area contributed by atoms with Gasteiger partial charge in [-0.3, -0.25) is 4.79 Å². The van der Waals surface area contributed by atoms with E-state index >= 15 is 0 Å². The normalized spacial score (nSPS) is 11.0. The van der Waals surface area contributed by atoms with Crippen molar-refractivity contribution in [1.82, 2.24) is 5.32 Å². The van der Waals surface area contributed by atoms with Gasteiger partial charge in [-0.15, -0.1) is 0 Å². The van der Waals surface area contributed by atoms with Crippen LogP contribution in [0.25, 0.3) is 0 Å². The molecule has 0 spiro atoms. The maximum Gasteiger partial charge on any atom is 0.340 e. The summed E-state index contributed by atoms with van der Waals surface area (Å²) in [6, 6.07) is 8.91. The van der Waals surface area contributed by atoms with E-state index in [-0.39, 0.29) is 15.5 Å². The lowest BCUT2D eigenvalue weighted by Crippen LogP contribution is -2.30. The van der Waals surface area contributed by atoms with Gasteiger partial charge in [-0.05, 0) is 56.2 Å². The number of nitrogens with one attached hydrogen (secondary N) is 1. The second-order valence-corrected chi connectivity index (χ2v) is 8.48. The van der Waals surface area contributed by atoms with Crippen molar-refractivity contribution in [3.8, 4) is 11.5 Å². The van der Waals surface area contributed by atoms with Crippen LogP contribution < -0.4 is 19.9 Å². The van der Waals surface area contributed by atoms with E-state index in [1.807, 2.05) is 32.0 Å². The fraction of sp³-hybridized carbons (Fsp3) is 0.333. The largest absolute Gasteiger partial charge is 0.490 e. The van der Waals surface area contributed by atoms with E-state index in [0.717, 1.165) is 11.6 Å². The Morgan fingerprint density at radius 3 is 2.38 bits per heavy atom. The Morgan fingerprint density at radius 1 is 1.03 bits per heavy atom. The van der Waals surface area contributed by atoms with Gasteiger partial charge in [-0.1, -0.05) is 17.7 Å². The van der Waals surface area contributed by atoms with Crippen LogP contribution in [0, 0.1) is 0 Å². The highest BCUT2D eigenvalue weighted by atomic mass is 35.5. The third-order valence-corrected chi connectivity index (χ3v) is 5.40. The number of ether oxygens (including phenoxy) is 3. The van der Waals surface area contributed by atoms with Crippen LogP contribution in [0.3, 0.4) is 0 Å². The molecule has 0 bridgehead atoms. The Balaban J connectivity index is 1.88. The molecule has 0 fully saturated rings. The quantitative estimate of drug-likeness (QED) is 0.467. The van der Waals surface area contributed by atoms with Crippen LogP contribution in [-0.2, 0) is 26.0 Å². The summed E-state index contributed by atoms with van der Waals surface area (Å²) in [6.07, 6.45) is 0.522. The van der Waals surface area contributed by atoms with Gasteiger partial charge in [-0.25, -0.2) is 18.4 Å². The molecule has 0 radical (unpaired) electrons. The van der Waals surface area contributed by atoms with Crippen LogP contribution >= 0.6 is 11.6 Å². The van der Waals surface area contributed by atoms with Crippen molar-refractivity contribution in [2.75, 3.05) is 26.4 Å². The average molecular weight is 485 g/mol. The minimum atomic E-state index is -4.02. The van der Waals surface area contributed by atoms with E-state index in [9.17, 15) is 18.0 Å². The molecule has 0 unspecified atom stereocenters. The van der Waals surface area contributed by atoms with Gasteiger partial charge >= 0.3 is 5.97 Å². The van der Waals surface area contributed by atoms with Gasteiger partial charge in [0.05, 0.1) is 28.7 Å². The summed E-state index contributed by atoms with van der Waals surface area (Å²) in [4.78, 5) is 23.9. The Hall–Kier alpha value is -2.82. The number of hydrogen-bond donors (Lipinski definition) is 2. The van der Waals surface area contributed by atoms with Crippen LogP contribution in [0.1, 0.15) is 29.8 Å². The number of primary sulfonamides is 1. The first-order valence-electron chi connectivity index (χ1n) is 9.80. The molecule has 0 heterocycles. The summed E-state index contributed by atoms with van der Waals surface area (Å²) < 4.78 is 38.9. The maximum absolute atomic E-state index is 12.2. The van der Waals surface area contributed by atoms with Crippen molar-refractivity contribution in [3.63, 3.8) is 0 Å². The summed E-state index contributed by atoms with van der Waals surface area (Å²) in [5.74, 6) is -0.179. The topological polar surface area (TPSA) is 134 Å². The summed E-state index contributed by atoms with van der Waals surface area (Å²) in [7, 11) is -4.02. The Morgan fingerprint density at radius 2 is 1.72 bits per heavy atom. The number of nitrogens with two attached hydrogens (primary N) is 1. The van der Waals surface area contributed by atoms with Crippen molar-refractivity contribution < 1.29 is 32.2 Å². The molecule has 2 aromatic rings. The molecule has 0 saturated carbocycles. The van der Waals surface area contributed by atoms with Crippen LogP contribution in [0.5, 0.6) is 11.5 Å². The number of hydrogen-bond acceptors (Lipinski definition) is 7. The zero-order valence-corrected chi connectivity index (χ0v) is 19.3. The molecule has 0 aliphatic heterocycles. The lowest BCUT2D eigenvalue weighted by Gasteiger charge is -2.13. The average Bonchev–Trinajstić information content (AvgIpc) is 2.73. The predicted molar refractivity (Wildman–Crippen MR) is 119 cm³/mol. The highest BCUT2D eigenvalue weighted by Crippen LogP contribution is 2.28. The molecule has 2 rings (SSSR count). The van der Waals surface area contributed by atoms with Gasteiger partial charge in [-0.2, -0.15) is 0 Å². The minimum absolute atomic E-state index is 0.0246. The highest BCUT2D eigenvalue weighted by molar-refractivity contribution is 7.89. The van der Waals surface area contributed by atoms with E-state index < -0.39 is 28.5 Å². The molecule has 0 atom stereocenters. The van der Waals surface area contributed by atoms with Gasteiger partial charge in [0.25, 0.3) is 5.91 Å². The molecule has 3 N–H and O–H groups in total. The maximum atomic E-state index is 12.2. The molecule has 174 valence electrons. The lowest BCUT2D eigenvalue weighted by molar-refractivity contribution is -0.124. The van der Waals surface area contributed by atoms with Gasteiger partial charge in [0.1, 0.15) is 0 Å². The molecule has 9 nitrogen and oxygen atoms in total. The van der Waals surface area contributed by atoms with Crippen LogP contribution in [0.2, 0.25) is 5.02 Å². The first-order chi connectivity index (χ1) is 15.2. The number of rotatable bonds is 11. The van der Waals surface area contributed by atoms with E-state index in [2.05, 4.69) is 5.32 Å². The number of carbonyl (C=O) groups is 2. The summed E-state index contributed by atoms with van der Waals surface area (Å²) in [6.45, 7) is 4.53. The van der Waals surface area contributed by atoms with Crippen molar-refractivity contribution in [1.29, 1.82) is 0 Å². The zero-order chi connectivity index (χ0) is 23.7. The highest BCUT2D eigenvalue weighted by Gasteiger charge is 2.18. The minimum Gasteiger partial charge on any atom is -0.490 e. The fourth-order valence-electron chi connectivity index (χ4n) is 2.69. The van der Waals surface area contributed by atoms with Crippen molar-refractivity contribution >= 4 is 33.5 Å². The number of sulfonamides is 1. The van der Waals surface area contributed by atoms with Crippen molar-refractivity contribution in [2.24, 2.45) is 5.14 Å². The zero-order valence-electron chi connectivity index (χ0n) is 17.7. The smallest absolute Gasteiger partial charge is 0.340 e. The van der Waals surface area contributed by atoms with E-state index in [4.69, 9.17) is 31.0 Å². The SMILES string of the molecule is CCOc1ccc(CCNC(=O)COC(=O)c2cc(S(N)(=O)=O)ccc2Cl)cc1OCC. The van der Waals surface area contributed by atoms with Crippen molar-refractivity contribution in [2.45, 2.75) is 25.2 Å². The van der Waals surface area contributed by atoms with Crippen LogP contribution in [-0.4, -0.2) is 46.7 Å². The molecule has 32 heavy (non-hydrogen) atoms. The Bertz CT molecular complexity index is 1070. The Labute approximate surface area is 191 Å². The number of carbonyl (C=O) groups excluding carboxylic acids is 2. The first-order valence-corrected chi connectivity index (χ1v) is 11.7. The summed E-state index contributed by atoms with van der Waals surface area (Å²) >= 11 is 5.92. The molecule has 0 saturated heterocycles. The monoisotopic (exact) mass is 484 g/mol. The lowest BCUT2D eigenvalue weighted by atomic mass is 10.1. The summed E-state index contributed by atoms with van der Waals surface area (Å²) in [5.41, 5.74) is 0.727. The van der Waals surface area contributed by atoms with Crippen molar-refractivity contribution in [3.05, 3.63) is 52.5 Å². The second-order valence-electron chi connectivity index (χ2n) is 6.51. The molecule has 2 aromatic carbocycles. The number of benzene rings is 2. The molecular weight excluding hydrogens is 460 g/mol. The van der Waals surface area contributed by atoms with E-state index in [1.165, 1.54) is 12.1 Å². The van der Waals surface area contributed by atoms with Crippen LogP contribution in [0.4, 0.5) is 0 Å². The number of amides is 1. The standard InChI is InChI=1S/C21H25ClN2O7S/c1-3-29-18-8-5-14(11-19(18)30-4-2)9-10-24-20(25)13-31-21(26)16-12-15(32(23,27)28)6-7-17(16)22/h5-8,11-12H,3-4,9-10,13H2,1-2H3,(H,24,25)(H2,23,27,28).